The van der Waals surface area contributed by atoms with Crippen LogP contribution in [0.5, 0.6) is 0 Å². The maximum Gasteiger partial charge on any atom is 0.251 e. The van der Waals surface area contributed by atoms with Gasteiger partial charge in [-0.25, -0.2) is 8.42 Å². The normalized spacial score (nSPS) is 13.6. The lowest BCUT2D eigenvalue weighted by Gasteiger charge is -2.26. The lowest BCUT2D eigenvalue weighted by atomic mass is 9.86. The lowest BCUT2D eigenvalue weighted by molar-refractivity contribution is 0.0830. The molecule has 0 fully saturated rings. The molecule has 260 valence electrons. The summed E-state index contributed by atoms with van der Waals surface area (Å²) in [5.41, 5.74) is 4.50. The van der Waals surface area contributed by atoms with Crippen molar-refractivity contribution in [2.24, 2.45) is 0 Å². The number of rotatable bonds is 14. The number of sulfonamides is 1. The molecule has 0 spiro atoms. The van der Waals surface area contributed by atoms with Gasteiger partial charge in [0.25, 0.3) is 11.8 Å². The van der Waals surface area contributed by atoms with Crippen molar-refractivity contribution in [3.63, 3.8) is 0 Å². The van der Waals surface area contributed by atoms with Gasteiger partial charge in [0, 0.05) is 31.3 Å². The van der Waals surface area contributed by atoms with Gasteiger partial charge >= 0.3 is 0 Å². The van der Waals surface area contributed by atoms with E-state index >= 15 is 0 Å². The van der Waals surface area contributed by atoms with Gasteiger partial charge in [0.1, 0.15) is 0 Å². The van der Waals surface area contributed by atoms with Crippen LogP contribution in [0, 0.1) is 0 Å². The number of anilines is 1. The molecule has 0 saturated heterocycles. The number of hydrogen-bond acceptors (Lipinski definition) is 6. The van der Waals surface area contributed by atoms with Gasteiger partial charge in [0.2, 0.25) is 10.0 Å². The summed E-state index contributed by atoms with van der Waals surface area (Å²) in [6.45, 7) is 9.07. The molecule has 0 heterocycles. The first-order chi connectivity index (χ1) is 23.1. The van der Waals surface area contributed by atoms with Gasteiger partial charge in [-0.1, -0.05) is 106 Å². The molecule has 9 nitrogen and oxygen atoms in total. The highest BCUT2D eigenvalue weighted by Gasteiger charge is 2.25. The molecular formula is C39H48N4O5S. The first-order valence-corrected chi connectivity index (χ1v) is 18.2. The smallest absolute Gasteiger partial charge is 0.251 e. The van der Waals surface area contributed by atoms with E-state index in [0.717, 1.165) is 27.3 Å². The lowest BCUT2D eigenvalue weighted by Crippen LogP contribution is -2.48. The fraction of sp³-hybridized carbons (Fsp3) is 0.333. The molecule has 0 saturated carbocycles. The molecule has 0 aliphatic carbocycles. The maximum atomic E-state index is 13.9. The van der Waals surface area contributed by atoms with E-state index in [-0.39, 0.29) is 34.8 Å². The Kier molecular flexibility index (Phi) is 12.4. The third kappa shape index (κ3) is 10.7. The second-order valence-corrected chi connectivity index (χ2v) is 15.5. The topological polar surface area (TPSA) is 128 Å². The molecule has 10 heteroatoms. The Hall–Kier alpha value is -4.51. The van der Waals surface area contributed by atoms with Crippen LogP contribution < -0.4 is 20.3 Å². The first kappa shape index (κ1) is 37.3. The van der Waals surface area contributed by atoms with E-state index in [9.17, 15) is 23.1 Å². The van der Waals surface area contributed by atoms with Crippen molar-refractivity contribution in [1.29, 1.82) is 0 Å². The van der Waals surface area contributed by atoms with Crippen molar-refractivity contribution in [3.8, 4) is 0 Å². The fourth-order valence-electron chi connectivity index (χ4n) is 5.41. The Bertz CT molecular complexity index is 1830. The highest BCUT2D eigenvalue weighted by molar-refractivity contribution is 7.92. The maximum absolute atomic E-state index is 13.9. The van der Waals surface area contributed by atoms with Crippen LogP contribution in [-0.2, 0) is 28.4 Å². The van der Waals surface area contributed by atoms with Crippen molar-refractivity contribution in [3.05, 3.63) is 137 Å². The van der Waals surface area contributed by atoms with Gasteiger partial charge in [-0.2, -0.15) is 0 Å². The minimum Gasteiger partial charge on any atom is -0.390 e. The minimum atomic E-state index is -3.71. The second-order valence-electron chi connectivity index (χ2n) is 13.5. The summed E-state index contributed by atoms with van der Waals surface area (Å²) in [6, 6.07) is 30.6. The van der Waals surface area contributed by atoms with Crippen molar-refractivity contribution in [2.45, 2.75) is 64.3 Å². The number of aliphatic hydroxyl groups is 1. The standard InChI is InChI=1S/C39H48N4O5S/c1-27(30-17-11-8-12-18-30)41-37(45)31-22-32(24-34(23-31)43(5)49(6,47)48)38(46)42-35(21-28-14-9-7-10-15-28)36(44)26-40-25-29-16-13-19-33(20-29)39(2,3)4/h7-20,22-24,27,35-36,40,44H,21,25-26H2,1-6H3,(H,41,45)(H,42,46)/t27-,35+,36-/m1/s1. The van der Waals surface area contributed by atoms with Crippen LogP contribution in [0.15, 0.2) is 103 Å². The number of amides is 2. The zero-order chi connectivity index (χ0) is 35.8. The van der Waals surface area contributed by atoms with Gasteiger partial charge in [-0.15, -0.1) is 0 Å². The van der Waals surface area contributed by atoms with Gasteiger partial charge in [0.05, 0.1) is 30.1 Å². The molecule has 0 radical (unpaired) electrons. The predicted octanol–water partition coefficient (Wildman–Crippen LogP) is 5.36. The number of carbonyl (C=O) groups is 2. The highest BCUT2D eigenvalue weighted by Crippen LogP contribution is 2.24. The Balaban J connectivity index is 1.57. The van der Waals surface area contributed by atoms with Gasteiger partial charge in [-0.3, -0.25) is 13.9 Å². The molecule has 0 aliphatic rings. The first-order valence-electron chi connectivity index (χ1n) is 16.4. The van der Waals surface area contributed by atoms with E-state index in [1.807, 2.05) is 79.7 Å². The van der Waals surface area contributed by atoms with Crippen LogP contribution in [0.3, 0.4) is 0 Å². The molecule has 3 atom stereocenters. The summed E-state index contributed by atoms with van der Waals surface area (Å²) in [7, 11) is -2.34. The predicted molar refractivity (Wildman–Crippen MR) is 196 cm³/mol. The quantitative estimate of drug-likeness (QED) is 0.142. The molecule has 0 aromatic heterocycles. The van der Waals surface area contributed by atoms with Crippen LogP contribution >= 0.6 is 0 Å². The van der Waals surface area contributed by atoms with E-state index in [2.05, 4.69) is 48.9 Å². The van der Waals surface area contributed by atoms with Crippen molar-refractivity contribution in [1.82, 2.24) is 16.0 Å². The van der Waals surface area contributed by atoms with E-state index < -0.39 is 34.0 Å². The molecule has 4 rings (SSSR count). The van der Waals surface area contributed by atoms with E-state index in [1.165, 1.54) is 30.8 Å². The SMILES string of the molecule is C[C@@H](NC(=O)c1cc(C(=O)N[C@@H](Cc2ccccc2)[C@H](O)CNCc2cccc(C(C)(C)C)c2)cc(N(C)S(C)(=O)=O)c1)c1ccccc1. The average molecular weight is 685 g/mol. The number of nitrogens with one attached hydrogen (secondary N) is 3. The van der Waals surface area contributed by atoms with Crippen LogP contribution in [0.4, 0.5) is 5.69 Å². The van der Waals surface area contributed by atoms with E-state index in [0.29, 0.717) is 13.0 Å². The molecule has 4 N–H and O–H groups in total. The van der Waals surface area contributed by atoms with Gasteiger partial charge in [0.15, 0.2) is 0 Å². The van der Waals surface area contributed by atoms with Crippen LogP contribution in [0.2, 0.25) is 0 Å². The highest BCUT2D eigenvalue weighted by atomic mass is 32.2. The minimum absolute atomic E-state index is 0.00862. The van der Waals surface area contributed by atoms with Gasteiger partial charge < -0.3 is 21.1 Å². The number of hydrogen-bond donors (Lipinski definition) is 4. The van der Waals surface area contributed by atoms with Crippen molar-refractivity contribution >= 4 is 27.5 Å². The number of aliphatic hydroxyl groups excluding tert-OH is 1. The molecule has 0 aliphatic heterocycles. The van der Waals surface area contributed by atoms with Gasteiger partial charge in [-0.05, 0) is 59.2 Å². The fourth-order valence-corrected chi connectivity index (χ4v) is 5.90. The molecule has 49 heavy (non-hydrogen) atoms. The molecule has 2 amide bonds. The number of benzene rings is 4. The summed E-state index contributed by atoms with van der Waals surface area (Å²) in [4.78, 5) is 27.3. The van der Waals surface area contributed by atoms with Crippen LogP contribution in [-0.4, -0.2) is 57.3 Å². The number of carbonyl (C=O) groups excluding carboxylic acids is 2. The summed E-state index contributed by atoms with van der Waals surface area (Å²) < 4.78 is 26.0. The zero-order valence-corrected chi connectivity index (χ0v) is 29.9. The molecule has 0 unspecified atom stereocenters. The second kappa shape index (κ2) is 16.3. The number of nitrogens with zero attached hydrogens (tertiary/aromatic N) is 1. The summed E-state index contributed by atoms with van der Waals surface area (Å²) in [6.07, 6.45) is 0.432. The van der Waals surface area contributed by atoms with E-state index in [4.69, 9.17) is 0 Å². The molecule has 4 aromatic rings. The van der Waals surface area contributed by atoms with Crippen LogP contribution in [0.25, 0.3) is 0 Å². The van der Waals surface area contributed by atoms with Crippen molar-refractivity contribution in [2.75, 3.05) is 24.2 Å². The third-order valence-corrected chi connectivity index (χ3v) is 9.71. The Labute approximate surface area is 290 Å². The molecule has 4 aromatic carbocycles. The Morgan fingerprint density at radius 3 is 1.96 bits per heavy atom. The molecule has 0 bridgehead atoms. The summed E-state index contributed by atoms with van der Waals surface area (Å²) in [5, 5.41) is 20.6. The van der Waals surface area contributed by atoms with Crippen LogP contribution in [0.1, 0.15) is 76.7 Å². The monoisotopic (exact) mass is 684 g/mol. The molecular weight excluding hydrogens is 637 g/mol. The Morgan fingerprint density at radius 1 is 0.796 bits per heavy atom. The average Bonchev–Trinajstić information content (AvgIpc) is 3.07. The Morgan fingerprint density at radius 2 is 1.37 bits per heavy atom. The zero-order valence-electron chi connectivity index (χ0n) is 29.1. The summed E-state index contributed by atoms with van der Waals surface area (Å²) in [5.74, 6) is -1.01. The van der Waals surface area contributed by atoms with Crippen molar-refractivity contribution < 1.29 is 23.1 Å². The largest absolute Gasteiger partial charge is 0.390 e. The summed E-state index contributed by atoms with van der Waals surface area (Å²) >= 11 is 0. The third-order valence-electron chi connectivity index (χ3n) is 8.51. The van der Waals surface area contributed by atoms with E-state index in [1.54, 1.807) is 0 Å².